The van der Waals surface area contributed by atoms with E-state index < -0.39 is 5.97 Å². The number of amides is 1. The molecule has 1 aromatic rings. The molecule has 0 bridgehead atoms. The van der Waals surface area contributed by atoms with Crippen molar-refractivity contribution in [3.8, 4) is 5.75 Å². The van der Waals surface area contributed by atoms with Gasteiger partial charge in [-0.25, -0.2) is 4.79 Å². The molecular formula is C15H22N2O4. The number of carbonyl (C=O) groups excluding carboxylic acids is 2. The quantitative estimate of drug-likeness (QED) is 0.614. The lowest BCUT2D eigenvalue weighted by Gasteiger charge is -2.17. The van der Waals surface area contributed by atoms with Crippen LogP contribution in [0.3, 0.4) is 0 Å². The number of hydrogen-bond donors (Lipinski definition) is 2. The number of esters is 1. The Morgan fingerprint density at radius 2 is 1.95 bits per heavy atom. The van der Waals surface area contributed by atoms with E-state index in [9.17, 15) is 9.59 Å². The molecule has 0 aromatic heterocycles. The summed E-state index contributed by atoms with van der Waals surface area (Å²) < 4.78 is 9.99. The minimum absolute atomic E-state index is 0.0121. The molecule has 0 saturated heterocycles. The summed E-state index contributed by atoms with van der Waals surface area (Å²) >= 11 is 0. The van der Waals surface area contributed by atoms with Crippen LogP contribution >= 0.6 is 0 Å². The Balaban J connectivity index is 2.60. The average Bonchev–Trinajstić information content (AvgIpc) is 2.45. The van der Waals surface area contributed by atoms with Gasteiger partial charge in [0.1, 0.15) is 5.75 Å². The van der Waals surface area contributed by atoms with Crippen LogP contribution in [0.15, 0.2) is 18.2 Å². The van der Waals surface area contributed by atoms with Crippen molar-refractivity contribution in [1.29, 1.82) is 0 Å². The first kappa shape index (κ1) is 16.8. The molecule has 6 heteroatoms. The summed E-state index contributed by atoms with van der Waals surface area (Å²) in [6.07, 6.45) is 0. The number of nitrogens with one attached hydrogen (secondary N) is 1. The highest BCUT2D eigenvalue weighted by atomic mass is 16.5. The van der Waals surface area contributed by atoms with Crippen molar-refractivity contribution < 1.29 is 19.1 Å². The molecule has 0 fully saturated rings. The highest BCUT2D eigenvalue weighted by molar-refractivity contribution is 5.96. The Hall–Kier alpha value is -2.24. The van der Waals surface area contributed by atoms with E-state index in [0.29, 0.717) is 11.7 Å². The van der Waals surface area contributed by atoms with Crippen LogP contribution in [0.25, 0.3) is 0 Å². The van der Waals surface area contributed by atoms with E-state index in [1.807, 2.05) is 20.8 Å². The van der Waals surface area contributed by atoms with Gasteiger partial charge in [-0.2, -0.15) is 0 Å². The number of nitrogens with two attached hydrogens (primary N) is 1. The van der Waals surface area contributed by atoms with Gasteiger partial charge in [-0.1, -0.05) is 13.8 Å². The maximum absolute atomic E-state index is 11.9. The van der Waals surface area contributed by atoms with Crippen LogP contribution in [0.4, 0.5) is 5.69 Å². The molecule has 1 unspecified atom stereocenters. The number of hydrogen-bond acceptors (Lipinski definition) is 5. The second-order valence-corrected chi connectivity index (χ2v) is 5.13. The number of anilines is 1. The number of rotatable bonds is 6. The van der Waals surface area contributed by atoms with Crippen molar-refractivity contribution in [3.63, 3.8) is 0 Å². The number of methoxy groups -OCH3 is 1. The maximum Gasteiger partial charge on any atom is 0.340 e. The predicted octanol–water partition coefficient (Wildman–Crippen LogP) is 1.59. The molecule has 0 spiro atoms. The molecule has 0 aliphatic heterocycles. The Bertz CT molecular complexity index is 514. The largest absolute Gasteiger partial charge is 0.497 e. The van der Waals surface area contributed by atoms with Gasteiger partial charge in [0, 0.05) is 11.7 Å². The van der Waals surface area contributed by atoms with Gasteiger partial charge in [-0.3, -0.25) is 4.79 Å². The van der Waals surface area contributed by atoms with Gasteiger partial charge in [0.2, 0.25) is 0 Å². The fraction of sp³-hybridized carbons (Fsp3) is 0.467. The van der Waals surface area contributed by atoms with Crippen LogP contribution in [0.5, 0.6) is 5.75 Å². The Kier molecular flexibility index (Phi) is 6.02. The smallest absolute Gasteiger partial charge is 0.340 e. The summed E-state index contributed by atoms with van der Waals surface area (Å²) in [6, 6.07) is 4.68. The molecule has 0 saturated carbocycles. The van der Waals surface area contributed by atoms with Crippen molar-refractivity contribution in [1.82, 2.24) is 5.32 Å². The normalized spacial score (nSPS) is 11.9. The van der Waals surface area contributed by atoms with Crippen LogP contribution in [-0.2, 0) is 9.53 Å². The summed E-state index contributed by atoms with van der Waals surface area (Å²) in [5.74, 6) is -0.197. The standard InChI is InChI=1S/C15H22N2O4/c1-9(2)10(3)17-14(18)8-21-15(19)12-7-11(20-4)5-6-13(12)16/h5-7,9-10H,8,16H2,1-4H3,(H,17,18). The van der Waals surface area contributed by atoms with Gasteiger partial charge in [0.15, 0.2) is 6.61 Å². The van der Waals surface area contributed by atoms with Gasteiger partial charge in [-0.05, 0) is 31.0 Å². The van der Waals surface area contributed by atoms with E-state index in [0.717, 1.165) is 0 Å². The summed E-state index contributed by atoms with van der Waals surface area (Å²) in [6.45, 7) is 5.54. The first-order valence-electron chi connectivity index (χ1n) is 6.75. The molecule has 6 nitrogen and oxygen atoms in total. The van der Waals surface area contributed by atoms with Crippen molar-refractivity contribution in [2.75, 3.05) is 19.5 Å². The van der Waals surface area contributed by atoms with Gasteiger partial charge in [0.25, 0.3) is 5.91 Å². The Morgan fingerprint density at radius 1 is 1.29 bits per heavy atom. The highest BCUT2D eigenvalue weighted by Crippen LogP contribution is 2.20. The highest BCUT2D eigenvalue weighted by Gasteiger charge is 2.16. The Labute approximate surface area is 124 Å². The molecule has 21 heavy (non-hydrogen) atoms. The average molecular weight is 294 g/mol. The molecule has 0 heterocycles. The zero-order valence-electron chi connectivity index (χ0n) is 12.8. The van der Waals surface area contributed by atoms with Gasteiger partial charge in [-0.15, -0.1) is 0 Å². The van der Waals surface area contributed by atoms with E-state index in [-0.39, 0.29) is 29.8 Å². The number of ether oxygens (including phenoxy) is 2. The van der Waals surface area contributed by atoms with E-state index >= 15 is 0 Å². The van der Waals surface area contributed by atoms with Crippen LogP contribution in [0.2, 0.25) is 0 Å². The number of carbonyl (C=O) groups is 2. The van der Waals surface area contributed by atoms with Crippen LogP contribution < -0.4 is 15.8 Å². The molecule has 1 rings (SSSR count). The monoisotopic (exact) mass is 294 g/mol. The number of benzene rings is 1. The van der Waals surface area contributed by atoms with E-state index in [1.165, 1.54) is 13.2 Å². The first-order valence-corrected chi connectivity index (χ1v) is 6.75. The van der Waals surface area contributed by atoms with Gasteiger partial charge >= 0.3 is 5.97 Å². The van der Waals surface area contributed by atoms with Crippen LogP contribution in [-0.4, -0.2) is 31.6 Å². The Morgan fingerprint density at radius 3 is 2.52 bits per heavy atom. The third-order valence-corrected chi connectivity index (χ3v) is 3.20. The predicted molar refractivity (Wildman–Crippen MR) is 80.1 cm³/mol. The lowest BCUT2D eigenvalue weighted by molar-refractivity contribution is -0.125. The second-order valence-electron chi connectivity index (χ2n) is 5.13. The summed E-state index contributed by atoms with van der Waals surface area (Å²) in [7, 11) is 1.49. The van der Waals surface area contributed by atoms with E-state index in [1.54, 1.807) is 12.1 Å². The van der Waals surface area contributed by atoms with Gasteiger partial charge in [0.05, 0.1) is 12.7 Å². The third kappa shape index (κ3) is 4.98. The van der Waals surface area contributed by atoms with Crippen molar-refractivity contribution in [2.24, 2.45) is 5.92 Å². The first-order chi connectivity index (χ1) is 9.85. The lowest BCUT2D eigenvalue weighted by Crippen LogP contribution is -2.38. The fourth-order valence-electron chi connectivity index (χ4n) is 1.51. The minimum Gasteiger partial charge on any atom is -0.497 e. The van der Waals surface area contributed by atoms with Crippen molar-refractivity contribution in [3.05, 3.63) is 23.8 Å². The van der Waals surface area contributed by atoms with E-state index in [4.69, 9.17) is 15.2 Å². The molecule has 0 aliphatic carbocycles. The summed E-state index contributed by atoms with van der Waals surface area (Å²) in [4.78, 5) is 23.6. The molecule has 1 amide bonds. The van der Waals surface area contributed by atoms with Crippen molar-refractivity contribution >= 4 is 17.6 Å². The summed E-state index contributed by atoms with van der Waals surface area (Å²) in [5.41, 5.74) is 6.17. The molecule has 1 atom stereocenters. The number of nitrogen functional groups attached to an aromatic ring is 1. The molecular weight excluding hydrogens is 272 g/mol. The minimum atomic E-state index is -0.654. The third-order valence-electron chi connectivity index (χ3n) is 3.20. The van der Waals surface area contributed by atoms with E-state index in [2.05, 4.69) is 5.32 Å². The zero-order chi connectivity index (χ0) is 16.0. The SMILES string of the molecule is COc1ccc(N)c(C(=O)OCC(=O)NC(C)C(C)C)c1. The lowest BCUT2D eigenvalue weighted by atomic mass is 10.1. The molecule has 0 aliphatic rings. The van der Waals surface area contributed by atoms with Crippen LogP contribution in [0.1, 0.15) is 31.1 Å². The topological polar surface area (TPSA) is 90.7 Å². The molecule has 1 aromatic carbocycles. The zero-order valence-corrected chi connectivity index (χ0v) is 12.8. The van der Waals surface area contributed by atoms with Crippen molar-refractivity contribution in [2.45, 2.75) is 26.8 Å². The summed E-state index contributed by atoms with van der Waals surface area (Å²) in [5, 5.41) is 2.75. The van der Waals surface area contributed by atoms with Gasteiger partial charge < -0.3 is 20.5 Å². The second kappa shape index (κ2) is 7.52. The maximum atomic E-state index is 11.9. The molecule has 0 radical (unpaired) electrons. The van der Waals surface area contributed by atoms with Crippen LogP contribution in [0, 0.1) is 5.92 Å². The molecule has 116 valence electrons. The molecule has 3 N–H and O–H groups in total. The fourth-order valence-corrected chi connectivity index (χ4v) is 1.51.